The molecule has 6 heteroatoms. The lowest BCUT2D eigenvalue weighted by molar-refractivity contribution is 0.0948. The standard InChI is InChI=1S/C9H13ClN2O2S/c10-2-5-14-4-1-3-12-9(13)8-6-11-7-15-8/h6-7H,1-5H2,(H,12,13). The number of ether oxygens (including phenoxy) is 1. The molecule has 0 saturated heterocycles. The SMILES string of the molecule is O=C(NCCCOCCCl)c1cncs1. The van der Waals surface area contributed by atoms with Crippen LogP contribution in [-0.4, -0.2) is 36.5 Å². The molecule has 0 spiro atoms. The van der Waals surface area contributed by atoms with E-state index in [1.165, 1.54) is 11.3 Å². The van der Waals surface area contributed by atoms with Crippen molar-refractivity contribution in [1.82, 2.24) is 10.3 Å². The fourth-order valence-corrected chi connectivity index (χ4v) is 1.59. The highest BCUT2D eigenvalue weighted by atomic mass is 35.5. The van der Waals surface area contributed by atoms with Crippen molar-refractivity contribution in [2.24, 2.45) is 0 Å². The van der Waals surface area contributed by atoms with Crippen molar-refractivity contribution in [3.05, 3.63) is 16.6 Å². The van der Waals surface area contributed by atoms with E-state index in [2.05, 4.69) is 10.3 Å². The van der Waals surface area contributed by atoms with Crippen molar-refractivity contribution in [3.8, 4) is 0 Å². The summed E-state index contributed by atoms with van der Waals surface area (Å²) in [6.45, 7) is 1.79. The lowest BCUT2D eigenvalue weighted by Gasteiger charge is -2.03. The van der Waals surface area contributed by atoms with Crippen LogP contribution in [-0.2, 0) is 4.74 Å². The second kappa shape index (κ2) is 7.62. The molecule has 15 heavy (non-hydrogen) atoms. The Bertz CT molecular complexity index is 280. The Morgan fingerprint density at radius 1 is 1.60 bits per heavy atom. The number of aromatic nitrogens is 1. The van der Waals surface area contributed by atoms with E-state index in [0.29, 0.717) is 30.5 Å². The van der Waals surface area contributed by atoms with Crippen molar-refractivity contribution >= 4 is 28.8 Å². The van der Waals surface area contributed by atoms with E-state index in [0.717, 1.165) is 6.42 Å². The molecule has 0 bridgehead atoms. The number of hydrogen-bond donors (Lipinski definition) is 1. The zero-order valence-corrected chi connectivity index (χ0v) is 9.81. The van der Waals surface area contributed by atoms with Gasteiger partial charge in [-0.05, 0) is 6.42 Å². The van der Waals surface area contributed by atoms with Gasteiger partial charge in [0.1, 0.15) is 4.88 Å². The maximum absolute atomic E-state index is 11.4. The summed E-state index contributed by atoms with van der Waals surface area (Å²) in [5.74, 6) is 0.433. The summed E-state index contributed by atoms with van der Waals surface area (Å²) in [4.78, 5) is 15.9. The second-order valence-corrected chi connectivity index (χ2v) is 4.04. The number of alkyl halides is 1. The lowest BCUT2D eigenvalue weighted by Crippen LogP contribution is -2.24. The summed E-state index contributed by atoms with van der Waals surface area (Å²) in [5, 5.41) is 2.78. The molecule has 1 heterocycles. The van der Waals surface area contributed by atoms with Crippen molar-refractivity contribution in [3.63, 3.8) is 0 Å². The summed E-state index contributed by atoms with van der Waals surface area (Å²) < 4.78 is 5.16. The third-order valence-corrected chi connectivity index (χ3v) is 2.55. The molecule has 84 valence electrons. The van der Waals surface area contributed by atoms with Gasteiger partial charge in [-0.15, -0.1) is 22.9 Å². The average molecular weight is 249 g/mol. The average Bonchev–Trinajstić information content (AvgIpc) is 2.76. The minimum absolute atomic E-state index is 0.0742. The molecule has 1 aromatic heterocycles. The number of halogens is 1. The first-order valence-corrected chi connectivity index (χ1v) is 6.06. The van der Waals surface area contributed by atoms with E-state index < -0.39 is 0 Å². The second-order valence-electron chi connectivity index (χ2n) is 2.78. The molecule has 1 rings (SSSR count). The van der Waals surface area contributed by atoms with E-state index in [-0.39, 0.29) is 5.91 Å². The number of nitrogens with one attached hydrogen (secondary N) is 1. The Kier molecular flexibility index (Phi) is 6.31. The fourth-order valence-electron chi connectivity index (χ4n) is 0.948. The van der Waals surface area contributed by atoms with Gasteiger partial charge >= 0.3 is 0 Å². The van der Waals surface area contributed by atoms with Crippen LogP contribution >= 0.6 is 22.9 Å². The van der Waals surface area contributed by atoms with E-state index in [9.17, 15) is 4.79 Å². The predicted molar refractivity (Wildman–Crippen MR) is 60.6 cm³/mol. The molecule has 4 nitrogen and oxygen atoms in total. The maximum atomic E-state index is 11.4. The summed E-state index contributed by atoms with van der Waals surface area (Å²) in [6, 6.07) is 0. The normalized spacial score (nSPS) is 10.2. The van der Waals surface area contributed by atoms with Gasteiger partial charge in [-0.25, -0.2) is 0 Å². The molecule has 0 unspecified atom stereocenters. The summed E-state index contributed by atoms with van der Waals surface area (Å²) in [6.07, 6.45) is 2.35. The van der Waals surface area contributed by atoms with Crippen LogP contribution < -0.4 is 5.32 Å². The van der Waals surface area contributed by atoms with Crippen LogP contribution in [0.15, 0.2) is 11.7 Å². The minimum atomic E-state index is -0.0742. The van der Waals surface area contributed by atoms with Gasteiger partial charge in [-0.3, -0.25) is 9.78 Å². The van der Waals surface area contributed by atoms with Gasteiger partial charge in [-0.2, -0.15) is 0 Å². The van der Waals surface area contributed by atoms with E-state index in [1.807, 2.05) is 0 Å². The molecule has 1 aromatic rings. The molecule has 0 aromatic carbocycles. The highest BCUT2D eigenvalue weighted by molar-refractivity contribution is 7.11. The van der Waals surface area contributed by atoms with Gasteiger partial charge in [-0.1, -0.05) is 0 Å². The number of rotatable bonds is 7. The van der Waals surface area contributed by atoms with Crippen LogP contribution in [0.4, 0.5) is 0 Å². The van der Waals surface area contributed by atoms with E-state index in [1.54, 1.807) is 11.7 Å². The molecule has 0 atom stereocenters. The monoisotopic (exact) mass is 248 g/mol. The van der Waals surface area contributed by atoms with Gasteiger partial charge in [0, 0.05) is 19.0 Å². The Hall–Kier alpha value is -0.650. The fraction of sp³-hybridized carbons (Fsp3) is 0.556. The van der Waals surface area contributed by atoms with Crippen LogP contribution in [0, 0.1) is 0 Å². The van der Waals surface area contributed by atoms with Crippen molar-refractivity contribution in [2.75, 3.05) is 25.6 Å². The first kappa shape index (κ1) is 12.4. The van der Waals surface area contributed by atoms with E-state index >= 15 is 0 Å². The number of carbonyl (C=O) groups excluding carboxylic acids is 1. The molecule has 0 radical (unpaired) electrons. The van der Waals surface area contributed by atoms with Gasteiger partial charge in [0.2, 0.25) is 0 Å². The van der Waals surface area contributed by atoms with Gasteiger partial charge < -0.3 is 10.1 Å². The number of nitrogens with zero attached hydrogens (tertiary/aromatic N) is 1. The highest BCUT2D eigenvalue weighted by Crippen LogP contribution is 2.04. The predicted octanol–water partition coefficient (Wildman–Crippen LogP) is 1.52. The summed E-state index contributed by atoms with van der Waals surface area (Å²) >= 11 is 6.76. The zero-order valence-electron chi connectivity index (χ0n) is 8.24. The van der Waals surface area contributed by atoms with Crippen LogP contribution in [0.25, 0.3) is 0 Å². The topological polar surface area (TPSA) is 51.2 Å². The molecule has 0 fully saturated rings. The van der Waals surface area contributed by atoms with Gasteiger partial charge in [0.15, 0.2) is 0 Å². The number of hydrogen-bond acceptors (Lipinski definition) is 4. The largest absolute Gasteiger partial charge is 0.380 e. The van der Waals surface area contributed by atoms with Crippen LogP contribution in [0.5, 0.6) is 0 Å². The zero-order chi connectivity index (χ0) is 10.9. The smallest absolute Gasteiger partial charge is 0.262 e. The van der Waals surface area contributed by atoms with Crippen LogP contribution in [0.1, 0.15) is 16.1 Å². The minimum Gasteiger partial charge on any atom is -0.380 e. The number of thiazole rings is 1. The van der Waals surface area contributed by atoms with Gasteiger partial charge in [0.05, 0.1) is 18.3 Å². The summed E-state index contributed by atoms with van der Waals surface area (Å²) in [5.41, 5.74) is 1.64. The molecular weight excluding hydrogens is 236 g/mol. The molecule has 0 aliphatic heterocycles. The maximum Gasteiger partial charge on any atom is 0.262 e. The van der Waals surface area contributed by atoms with Crippen LogP contribution in [0.2, 0.25) is 0 Å². The van der Waals surface area contributed by atoms with Crippen molar-refractivity contribution in [1.29, 1.82) is 0 Å². The van der Waals surface area contributed by atoms with Crippen molar-refractivity contribution in [2.45, 2.75) is 6.42 Å². The first-order valence-electron chi connectivity index (χ1n) is 4.65. The molecule has 1 amide bonds. The number of amides is 1. The molecule has 1 N–H and O–H groups in total. The molecule has 0 aliphatic rings. The first-order chi connectivity index (χ1) is 7.34. The quantitative estimate of drug-likeness (QED) is 0.588. The Morgan fingerprint density at radius 3 is 3.13 bits per heavy atom. The Labute approximate surface area is 97.6 Å². The van der Waals surface area contributed by atoms with E-state index in [4.69, 9.17) is 16.3 Å². The Morgan fingerprint density at radius 2 is 2.47 bits per heavy atom. The van der Waals surface area contributed by atoms with Crippen molar-refractivity contribution < 1.29 is 9.53 Å². The van der Waals surface area contributed by atoms with Crippen LogP contribution in [0.3, 0.4) is 0 Å². The third-order valence-electron chi connectivity index (χ3n) is 1.63. The molecular formula is C9H13ClN2O2S. The molecule has 0 aliphatic carbocycles. The third kappa shape index (κ3) is 5.11. The molecule has 0 saturated carbocycles. The highest BCUT2D eigenvalue weighted by Gasteiger charge is 2.05. The summed E-state index contributed by atoms with van der Waals surface area (Å²) in [7, 11) is 0. The van der Waals surface area contributed by atoms with Gasteiger partial charge in [0.25, 0.3) is 5.91 Å². The lowest BCUT2D eigenvalue weighted by atomic mass is 10.4. The Balaban J connectivity index is 2.03. The number of carbonyl (C=O) groups is 1.